The average molecular weight is 1600 g/mol. The van der Waals surface area contributed by atoms with Gasteiger partial charge in [-0.05, 0) is 157 Å². The maximum absolute atomic E-state index is 14.7. The fraction of sp³-hybridized carbons (Fsp3) is 0.462. The zero-order valence-electron chi connectivity index (χ0n) is 61.2. The lowest BCUT2D eigenvalue weighted by Gasteiger charge is -2.44. The molecule has 7 aromatic rings. The lowest BCUT2D eigenvalue weighted by Crippen LogP contribution is -2.54. The molecular weight excluding hydrogens is 1510 g/mol. The second kappa shape index (κ2) is 35.1. The van der Waals surface area contributed by atoms with E-state index in [1.807, 2.05) is 79.2 Å². The highest BCUT2D eigenvalue weighted by molar-refractivity contribution is 7.99. The number of aliphatic hydroxyl groups is 2. The van der Waals surface area contributed by atoms with Crippen LogP contribution < -0.4 is 29.7 Å². The molecule has 4 amide bonds. The molecule has 0 bridgehead atoms. The molecule has 109 heavy (non-hydrogen) atoms. The first-order valence-corrected chi connectivity index (χ1v) is 42.0. The molecule has 5 N–H and O–H groups in total. The number of alkyl halides is 3. The summed E-state index contributed by atoms with van der Waals surface area (Å²) in [5.41, 5.74) is 2.73. The van der Waals surface area contributed by atoms with Crippen LogP contribution in [0.2, 0.25) is 5.02 Å². The molecule has 0 unspecified atom stereocenters. The highest BCUT2D eigenvalue weighted by Gasteiger charge is 2.49. The molecule has 2 aromatic heterocycles. The average Bonchev–Trinajstić information content (AvgIpc) is 0.797. The zero-order valence-corrected chi connectivity index (χ0v) is 65.2. The van der Waals surface area contributed by atoms with E-state index >= 15 is 0 Å². The summed E-state index contributed by atoms with van der Waals surface area (Å²) >= 11 is 9.18. The van der Waals surface area contributed by atoms with Gasteiger partial charge in [0.05, 0.1) is 39.4 Å². The summed E-state index contributed by atoms with van der Waals surface area (Å²) in [5.74, 6) is -1.75. The minimum Gasteiger partial charge on any atom is -0.487 e. The Kier molecular flexibility index (Phi) is 25.9. The highest BCUT2D eigenvalue weighted by atomic mass is 35.5. The van der Waals surface area contributed by atoms with Crippen molar-refractivity contribution in [3.8, 4) is 22.1 Å². The van der Waals surface area contributed by atoms with Gasteiger partial charge in [0.15, 0.2) is 5.76 Å². The number of nitrogens with zero attached hydrogens (tertiary/aromatic N) is 7. The Morgan fingerprint density at radius 1 is 0.881 bits per heavy atom. The van der Waals surface area contributed by atoms with E-state index in [1.165, 1.54) is 51.3 Å². The van der Waals surface area contributed by atoms with E-state index in [-0.39, 0.29) is 85.4 Å². The number of fused-ring (bicyclic) bond motifs is 3. The lowest BCUT2D eigenvalue weighted by atomic mass is 9.72. The Hall–Kier alpha value is -8.07. The largest absolute Gasteiger partial charge is 0.501 e. The van der Waals surface area contributed by atoms with Gasteiger partial charge in [0, 0.05) is 142 Å². The summed E-state index contributed by atoms with van der Waals surface area (Å²) in [6, 6.07) is 31.3. The molecule has 5 aliphatic rings. The summed E-state index contributed by atoms with van der Waals surface area (Å²) in [6.07, 6.45) is 4.07. The van der Waals surface area contributed by atoms with Crippen molar-refractivity contribution in [1.29, 1.82) is 0 Å². The number of hydrogen-bond acceptors (Lipinski definition) is 21. The first kappa shape index (κ1) is 80.4. The summed E-state index contributed by atoms with van der Waals surface area (Å²) < 4.78 is 118. The third-order valence-corrected chi connectivity index (χ3v) is 26.0. The van der Waals surface area contributed by atoms with Gasteiger partial charge in [-0.3, -0.25) is 29.0 Å². The third kappa shape index (κ3) is 19.8. The van der Waals surface area contributed by atoms with Crippen molar-refractivity contribution in [2.24, 2.45) is 11.3 Å². The summed E-state index contributed by atoms with van der Waals surface area (Å²) in [6.45, 7) is 13.8. The summed E-state index contributed by atoms with van der Waals surface area (Å²) in [5, 5.41) is 31.7. The van der Waals surface area contributed by atoms with Crippen LogP contribution in [-0.4, -0.2) is 195 Å². The molecule has 0 radical (unpaired) electrons. The molecule has 1 aliphatic carbocycles. The van der Waals surface area contributed by atoms with Gasteiger partial charge in [-0.2, -0.15) is 13.2 Å². The monoisotopic (exact) mass is 1600 g/mol. The molecule has 584 valence electrons. The Labute approximate surface area is 646 Å². The first-order valence-electron chi connectivity index (χ1n) is 36.8. The summed E-state index contributed by atoms with van der Waals surface area (Å²) in [7, 11) is -11.2. The van der Waals surface area contributed by atoms with E-state index in [0.717, 1.165) is 75.8 Å². The number of rotatable bonds is 30. The van der Waals surface area contributed by atoms with E-state index < -0.39 is 82.7 Å². The molecule has 6 heterocycles. The Morgan fingerprint density at radius 2 is 1.63 bits per heavy atom. The van der Waals surface area contributed by atoms with E-state index in [9.17, 15) is 59.4 Å². The van der Waals surface area contributed by atoms with Gasteiger partial charge >= 0.3 is 5.51 Å². The number of sulfonamides is 1. The van der Waals surface area contributed by atoms with Gasteiger partial charge in [-0.15, -0.1) is 23.1 Å². The van der Waals surface area contributed by atoms with Crippen molar-refractivity contribution in [3.05, 3.63) is 166 Å². The number of allylic oxidation sites excluding steroid dienone is 1. The van der Waals surface area contributed by atoms with E-state index in [1.54, 1.807) is 28.6 Å². The van der Waals surface area contributed by atoms with Gasteiger partial charge < -0.3 is 49.5 Å². The minimum absolute atomic E-state index is 0.0363. The maximum Gasteiger partial charge on any atom is 0.501 e. The van der Waals surface area contributed by atoms with Crippen LogP contribution in [-0.2, 0) is 47.4 Å². The number of nitrogens with one attached hydrogen (secondary N) is 3. The molecular formula is C78H92ClF3N10O13S4. The molecule has 5 atom stereocenters. The SMILES string of the molecule is CC(C)[C@@H](C(=O)N1C[C@H](O)C[C@H]1C(=O)NCc1ccc2c(c1)OCc1ncsc1-2)c1cc(OCCCCC(=O)N2CCN(CC[C@H](CSc3ccccc3)Nc3ccc(S(=O)(=O)NC(=O)c4ccc(N5CCN(CC6=C(c7ccc(Cl)cc7)CCC(C)(C)C6)C[C@@H]5CCO)cc4)cc3S(=O)(=O)C(F)(F)F)CC2)no1. The van der Waals surface area contributed by atoms with Crippen molar-refractivity contribution in [3.63, 3.8) is 0 Å². The van der Waals surface area contributed by atoms with Crippen LogP contribution in [0.5, 0.6) is 11.6 Å². The quantitative estimate of drug-likeness (QED) is 0.0207. The van der Waals surface area contributed by atoms with E-state index in [0.29, 0.717) is 101 Å². The number of hydrogen-bond donors (Lipinski definition) is 5. The number of thioether (sulfide) groups is 1. The molecule has 3 fully saturated rings. The van der Waals surface area contributed by atoms with Crippen LogP contribution in [0.15, 0.2) is 152 Å². The van der Waals surface area contributed by atoms with Crippen molar-refractivity contribution < 1.29 is 73.4 Å². The van der Waals surface area contributed by atoms with Crippen LogP contribution >= 0.6 is 34.7 Å². The minimum atomic E-state index is -6.21. The van der Waals surface area contributed by atoms with E-state index in [4.69, 9.17) is 25.6 Å². The van der Waals surface area contributed by atoms with Gasteiger partial charge in [0.2, 0.25) is 17.7 Å². The number of aliphatic hydroxyl groups excluding tert-OH is 2. The molecule has 23 nitrogen and oxygen atoms in total. The number of benzene rings is 5. The highest BCUT2D eigenvalue weighted by Crippen LogP contribution is 2.45. The number of carbonyl (C=O) groups excluding carboxylic acids is 4. The number of anilines is 2. The maximum atomic E-state index is 14.7. The van der Waals surface area contributed by atoms with Crippen LogP contribution in [0.25, 0.3) is 16.0 Å². The van der Waals surface area contributed by atoms with Crippen molar-refractivity contribution in [1.82, 2.24) is 39.8 Å². The molecule has 5 aromatic carbocycles. The van der Waals surface area contributed by atoms with Crippen molar-refractivity contribution >= 4 is 95.1 Å². The van der Waals surface area contributed by atoms with Gasteiger partial charge in [0.25, 0.3) is 31.6 Å². The second-order valence-electron chi connectivity index (χ2n) is 29.5. The molecule has 31 heteroatoms. The lowest BCUT2D eigenvalue weighted by molar-refractivity contribution is -0.141. The number of halogens is 4. The van der Waals surface area contributed by atoms with Crippen LogP contribution in [0.3, 0.4) is 0 Å². The predicted molar refractivity (Wildman–Crippen MR) is 412 cm³/mol. The van der Waals surface area contributed by atoms with Crippen LogP contribution in [0.4, 0.5) is 24.5 Å². The standard InChI is InChI=1S/C78H92ClF3N10O13S4/c1-50(2)72(76(98)92-46-59(94)39-66(92)75(97)83-43-51-13-23-63-67(38-51)104-47-65-73(63)107-49-84-65)68-41-70(86-105-68)103-37-9-8-12-71(95)90-33-30-88(31-34-90)29-26-56(48-106-60-10-6-5-7-11-60)85-64-24-22-61(40-69(64)108(99,100)78(80,81)82)109(101,102)87-74(96)53-16-20-57(21-17-53)91-35-32-89(45-58(91)27-36-93)44-54-42-77(3,4)28-25-62(54)52-14-18-55(79)19-15-52/h5-7,10-11,13-24,38,40-41,49-50,56,58-59,66,72,85,93-94H,8-9,12,25-37,39,42-48H2,1-4H3,(H,83,97)(H,87,96)/t56-,58+,59-,66+,72-/m1/s1. The van der Waals surface area contributed by atoms with E-state index in [2.05, 4.69) is 61.5 Å². The Balaban J connectivity index is 0.615. The normalized spacial score (nSPS) is 19.1. The number of ether oxygens (including phenoxy) is 2. The predicted octanol–water partition coefficient (Wildman–Crippen LogP) is 11.7. The Bertz CT molecular complexity index is 4640. The zero-order chi connectivity index (χ0) is 77.4. The van der Waals surface area contributed by atoms with Crippen LogP contribution in [0.1, 0.15) is 124 Å². The van der Waals surface area contributed by atoms with Gasteiger partial charge in [0.1, 0.15) is 29.2 Å². The topological polar surface area (TPSA) is 287 Å². The number of amides is 4. The fourth-order valence-corrected chi connectivity index (χ4v) is 18.9. The number of carbonyl (C=O) groups is 4. The third-order valence-electron chi connectivity index (χ3n) is 20.8. The molecule has 0 saturated carbocycles. The number of piperazine rings is 2. The number of unbranched alkanes of at least 4 members (excludes halogenated alkanes) is 1. The Morgan fingerprint density at radius 3 is 2.37 bits per heavy atom. The van der Waals surface area contributed by atoms with Crippen molar-refractivity contribution in [2.75, 3.05) is 94.6 Å². The number of sulfone groups is 1. The van der Waals surface area contributed by atoms with Crippen LogP contribution in [0, 0.1) is 11.3 Å². The fourth-order valence-electron chi connectivity index (χ4n) is 15.0. The first-order chi connectivity index (χ1) is 52.1. The van der Waals surface area contributed by atoms with Gasteiger partial charge in [-0.25, -0.2) is 26.5 Å². The number of β-amino-alcohol motifs (C(OH)–C–C–N with tert-alkyl or cyclic N) is 1. The second-order valence-corrected chi connectivity index (χ2v) is 35.5. The van der Waals surface area contributed by atoms with Crippen molar-refractivity contribution in [2.45, 2.75) is 149 Å². The smallest absolute Gasteiger partial charge is 0.487 e. The van der Waals surface area contributed by atoms with Gasteiger partial charge in [-0.1, -0.05) is 81.3 Å². The number of aromatic nitrogens is 2. The number of thiazole rings is 1. The number of likely N-dealkylation sites (tertiary alicyclic amines) is 1. The molecule has 4 aliphatic heterocycles. The summed E-state index contributed by atoms with van der Waals surface area (Å²) in [4.78, 5) is 69.1. The molecule has 3 saturated heterocycles. The molecule has 12 rings (SSSR count). The molecule has 0 spiro atoms.